The number of imidazole rings is 2. The summed E-state index contributed by atoms with van der Waals surface area (Å²) in [6.07, 6.45) is 5.13. The van der Waals surface area contributed by atoms with Gasteiger partial charge in [0.1, 0.15) is 22.9 Å². The van der Waals surface area contributed by atoms with Gasteiger partial charge in [0.2, 0.25) is 0 Å². The molecule has 0 aliphatic heterocycles. The maximum atomic E-state index is 12.5. The third kappa shape index (κ3) is 2.22. The molecule has 0 spiro atoms. The number of fused-ring (bicyclic) bond motifs is 2. The first kappa shape index (κ1) is 15.0. The third-order valence-corrected chi connectivity index (χ3v) is 4.34. The van der Waals surface area contributed by atoms with Crippen molar-refractivity contribution in [2.24, 2.45) is 0 Å². The molecule has 8 heteroatoms. The lowest BCUT2D eigenvalue weighted by molar-refractivity contribution is 0.992. The number of nitriles is 1. The van der Waals surface area contributed by atoms with E-state index in [2.05, 4.69) is 26.0 Å². The molecule has 8 nitrogen and oxygen atoms in total. The van der Waals surface area contributed by atoms with Gasteiger partial charge in [-0.2, -0.15) is 5.26 Å². The van der Waals surface area contributed by atoms with E-state index in [0.29, 0.717) is 33.9 Å². The van der Waals surface area contributed by atoms with E-state index < -0.39 is 0 Å². The Morgan fingerprint density at radius 2 is 1.89 bits per heavy atom. The van der Waals surface area contributed by atoms with Crippen molar-refractivity contribution in [3.63, 3.8) is 0 Å². The predicted molar refractivity (Wildman–Crippen MR) is 98.4 cm³/mol. The molecule has 0 radical (unpaired) electrons. The molecular weight excluding hydrogens is 342 g/mol. The number of pyridine rings is 1. The van der Waals surface area contributed by atoms with Crippen LogP contribution in [0, 0.1) is 11.3 Å². The molecule has 4 aromatic heterocycles. The van der Waals surface area contributed by atoms with Gasteiger partial charge in [0.05, 0.1) is 23.6 Å². The average Bonchev–Trinajstić information content (AvgIpc) is 3.27. The molecule has 4 heterocycles. The number of benzene rings is 1. The molecule has 0 unspecified atom stereocenters. The van der Waals surface area contributed by atoms with Crippen molar-refractivity contribution >= 4 is 16.8 Å². The number of hydrogen-bond donors (Lipinski definition) is 1. The van der Waals surface area contributed by atoms with Crippen LogP contribution in [0.1, 0.15) is 5.56 Å². The zero-order valence-corrected chi connectivity index (χ0v) is 13.9. The molecule has 1 aromatic carbocycles. The molecule has 0 amide bonds. The van der Waals surface area contributed by atoms with Crippen LogP contribution in [0.5, 0.6) is 0 Å². The second kappa shape index (κ2) is 5.64. The van der Waals surface area contributed by atoms with Crippen molar-refractivity contribution in [1.82, 2.24) is 28.9 Å². The highest BCUT2D eigenvalue weighted by Gasteiger charge is 2.16. The van der Waals surface area contributed by atoms with Gasteiger partial charge in [0.15, 0.2) is 11.5 Å². The summed E-state index contributed by atoms with van der Waals surface area (Å²) in [5, 5.41) is 9.38. The molecule has 27 heavy (non-hydrogen) atoms. The summed E-state index contributed by atoms with van der Waals surface area (Å²) in [5.41, 5.74) is 2.86. The minimum absolute atomic E-state index is 0.378. The minimum atomic E-state index is -0.378. The molecular formula is C19H11N7O. The normalized spacial score (nSPS) is 11.1. The molecule has 0 fully saturated rings. The summed E-state index contributed by atoms with van der Waals surface area (Å²) in [6, 6.07) is 14.7. The van der Waals surface area contributed by atoms with Crippen LogP contribution >= 0.6 is 0 Å². The third-order valence-electron chi connectivity index (χ3n) is 4.34. The van der Waals surface area contributed by atoms with E-state index in [9.17, 15) is 10.1 Å². The van der Waals surface area contributed by atoms with Crippen LogP contribution in [0.15, 0.2) is 65.8 Å². The standard InChI is InChI=1S/C19H11N7O/c20-9-12-5-1-2-6-14(12)26-18-13(23-19(26)27)10-22-17(24-18)15-11-21-16-7-3-4-8-25(15)16/h1-8,10-11H,(H,23,27). The number of rotatable bonds is 2. The number of para-hydroxylation sites is 1. The van der Waals surface area contributed by atoms with Crippen LogP contribution in [0.3, 0.4) is 0 Å². The Labute approximate surface area is 152 Å². The SMILES string of the molecule is N#Cc1ccccc1-n1c(=O)[nH]c2cnc(-c3cnc4ccccn34)nc21. The van der Waals surface area contributed by atoms with E-state index >= 15 is 0 Å². The summed E-state index contributed by atoms with van der Waals surface area (Å²) in [7, 11) is 0. The Morgan fingerprint density at radius 1 is 1.04 bits per heavy atom. The smallest absolute Gasteiger partial charge is 0.303 e. The first-order valence-electron chi connectivity index (χ1n) is 8.16. The average molecular weight is 353 g/mol. The highest BCUT2D eigenvalue weighted by atomic mass is 16.1. The lowest BCUT2D eigenvalue weighted by Crippen LogP contribution is -2.16. The molecule has 0 saturated carbocycles. The van der Waals surface area contributed by atoms with E-state index in [1.165, 1.54) is 4.57 Å². The fraction of sp³-hybridized carbons (Fsp3) is 0. The second-order valence-corrected chi connectivity index (χ2v) is 5.90. The Balaban J connectivity index is 1.80. The molecule has 128 valence electrons. The maximum absolute atomic E-state index is 12.5. The van der Waals surface area contributed by atoms with Gasteiger partial charge in [0, 0.05) is 6.20 Å². The Kier molecular flexibility index (Phi) is 3.14. The molecule has 1 N–H and O–H groups in total. The number of nitrogens with one attached hydrogen (secondary N) is 1. The largest absolute Gasteiger partial charge is 0.332 e. The van der Waals surface area contributed by atoms with E-state index in [0.717, 1.165) is 5.65 Å². The molecule has 5 aromatic rings. The first-order chi connectivity index (χ1) is 13.3. The van der Waals surface area contributed by atoms with Crippen molar-refractivity contribution in [3.05, 3.63) is 77.1 Å². The molecule has 0 aliphatic carbocycles. The van der Waals surface area contributed by atoms with Crippen LogP contribution in [0.4, 0.5) is 0 Å². The molecule has 0 aliphatic rings. The quantitative estimate of drug-likeness (QED) is 0.524. The zero-order chi connectivity index (χ0) is 18.4. The Morgan fingerprint density at radius 3 is 2.78 bits per heavy atom. The minimum Gasteiger partial charge on any atom is -0.303 e. The summed E-state index contributed by atoms with van der Waals surface area (Å²) in [6.45, 7) is 0. The van der Waals surface area contributed by atoms with Crippen LogP contribution in [0.25, 0.3) is 34.0 Å². The number of hydrogen-bond acceptors (Lipinski definition) is 5. The number of H-pyrrole nitrogens is 1. The monoisotopic (exact) mass is 353 g/mol. The van der Waals surface area contributed by atoms with E-state index in [1.54, 1.807) is 36.7 Å². The first-order valence-corrected chi connectivity index (χ1v) is 8.16. The zero-order valence-electron chi connectivity index (χ0n) is 13.9. The maximum Gasteiger partial charge on any atom is 0.332 e. The fourth-order valence-electron chi connectivity index (χ4n) is 3.11. The molecule has 0 bridgehead atoms. The second-order valence-electron chi connectivity index (χ2n) is 5.90. The van der Waals surface area contributed by atoms with Gasteiger partial charge in [-0.3, -0.25) is 4.40 Å². The molecule has 0 saturated heterocycles. The van der Waals surface area contributed by atoms with Crippen molar-refractivity contribution in [1.29, 1.82) is 5.26 Å². The highest BCUT2D eigenvalue weighted by Crippen LogP contribution is 2.21. The lowest BCUT2D eigenvalue weighted by atomic mass is 10.2. The Hall–Kier alpha value is -4.25. The van der Waals surface area contributed by atoms with Crippen LogP contribution in [-0.4, -0.2) is 28.9 Å². The topological polar surface area (TPSA) is 105 Å². The number of aromatic nitrogens is 6. The lowest BCUT2D eigenvalue weighted by Gasteiger charge is -2.05. The highest BCUT2D eigenvalue weighted by molar-refractivity contribution is 5.75. The van der Waals surface area contributed by atoms with Crippen LogP contribution in [-0.2, 0) is 0 Å². The summed E-state index contributed by atoms with van der Waals surface area (Å²) in [5.74, 6) is 0.434. The van der Waals surface area contributed by atoms with Crippen molar-refractivity contribution in [3.8, 4) is 23.3 Å². The summed E-state index contributed by atoms with van der Waals surface area (Å²) < 4.78 is 3.27. The van der Waals surface area contributed by atoms with Gasteiger partial charge in [0.25, 0.3) is 0 Å². The van der Waals surface area contributed by atoms with Crippen LogP contribution in [0.2, 0.25) is 0 Å². The number of nitrogens with zero attached hydrogens (tertiary/aromatic N) is 6. The number of aromatic amines is 1. The van der Waals surface area contributed by atoms with Gasteiger partial charge < -0.3 is 4.98 Å². The predicted octanol–water partition coefficient (Wildman–Crippen LogP) is 2.30. The van der Waals surface area contributed by atoms with Crippen molar-refractivity contribution < 1.29 is 0 Å². The van der Waals surface area contributed by atoms with E-state index in [1.807, 2.05) is 28.8 Å². The van der Waals surface area contributed by atoms with Gasteiger partial charge in [-0.15, -0.1) is 0 Å². The Bertz CT molecular complexity index is 1420. The van der Waals surface area contributed by atoms with Crippen LogP contribution < -0.4 is 5.69 Å². The molecule has 0 atom stereocenters. The van der Waals surface area contributed by atoms with Gasteiger partial charge in [-0.05, 0) is 24.3 Å². The summed E-state index contributed by atoms with van der Waals surface area (Å²) in [4.78, 5) is 28.6. The van der Waals surface area contributed by atoms with Gasteiger partial charge in [-0.25, -0.2) is 24.3 Å². The van der Waals surface area contributed by atoms with E-state index in [-0.39, 0.29) is 5.69 Å². The van der Waals surface area contributed by atoms with Crippen molar-refractivity contribution in [2.75, 3.05) is 0 Å². The van der Waals surface area contributed by atoms with Gasteiger partial charge >= 0.3 is 5.69 Å². The van der Waals surface area contributed by atoms with E-state index in [4.69, 9.17) is 0 Å². The molecule has 5 rings (SSSR count). The summed E-state index contributed by atoms with van der Waals surface area (Å²) >= 11 is 0. The van der Waals surface area contributed by atoms with Gasteiger partial charge in [-0.1, -0.05) is 18.2 Å². The van der Waals surface area contributed by atoms with Crippen molar-refractivity contribution in [2.45, 2.75) is 0 Å². The fourth-order valence-corrected chi connectivity index (χ4v) is 3.11.